The van der Waals surface area contributed by atoms with Crippen molar-refractivity contribution in [3.05, 3.63) is 34.5 Å². The van der Waals surface area contributed by atoms with Gasteiger partial charge in [0.2, 0.25) is 0 Å². The van der Waals surface area contributed by atoms with E-state index in [1.165, 1.54) is 4.88 Å². The van der Waals surface area contributed by atoms with E-state index in [9.17, 15) is 0 Å². The summed E-state index contributed by atoms with van der Waals surface area (Å²) in [5, 5.41) is 5.48. The molecular formula is C15H25N3S. The first-order valence-corrected chi connectivity index (χ1v) is 7.78. The Balaban J connectivity index is 2.44. The molecule has 1 heterocycles. The number of nitrogens with one attached hydrogen (secondary N) is 1. The van der Waals surface area contributed by atoms with Crippen LogP contribution in [0.3, 0.4) is 0 Å². The lowest BCUT2D eigenvalue weighted by atomic mass is 10.3. The third-order valence-electron chi connectivity index (χ3n) is 2.76. The number of aliphatic imine (C=N–C) groups is 1. The average molecular weight is 279 g/mol. The topological polar surface area (TPSA) is 27.6 Å². The van der Waals surface area contributed by atoms with Gasteiger partial charge in [0.15, 0.2) is 5.96 Å². The minimum absolute atomic E-state index is 0.843. The Hall–Kier alpha value is -1.29. The second-order valence-corrected chi connectivity index (χ2v) is 5.38. The summed E-state index contributed by atoms with van der Waals surface area (Å²) in [6.45, 7) is 6.90. The molecule has 4 heteroatoms. The standard InChI is InChI=1S/C15H25N3S/c1-4-6-7-11-17-15(16-5-2)18(3)12-10-14-9-8-13-19-14/h4,6,8-9,13H,5,7,10-12H2,1-3H3,(H,16,17)/b6-4+. The van der Waals surface area contributed by atoms with Crippen LogP contribution in [0.5, 0.6) is 0 Å². The molecule has 1 N–H and O–H groups in total. The summed E-state index contributed by atoms with van der Waals surface area (Å²) in [6, 6.07) is 4.30. The zero-order chi connectivity index (χ0) is 13.9. The molecule has 3 nitrogen and oxygen atoms in total. The minimum atomic E-state index is 0.843. The maximum atomic E-state index is 4.63. The lowest BCUT2D eigenvalue weighted by Crippen LogP contribution is -2.40. The van der Waals surface area contributed by atoms with Gasteiger partial charge in [-0.15, -0.1) is 11.3 Å². The summed E-state index contributed by atoms with van der Waals surface area (Å²) < 4.78 is 0. The van der Waals surface area contributed by atoms with Crippen molar-refractivity contribution >= 4 is 17.3 Å². The number of allylic oxidation sites excluding steroid dienone is 1. The van der Waals surface area contributed by atoms with Crippen LogP contribution < -0.4 is 5.32 Å². The number of guanidine groups is 1. The van der Waals surface area contributed by atoms with Gasteiger partial charge in [0, 0.05) is 31.6 Å². The number of rotatable bonds is 7. The highest BCUT2D eigenvalue weighted by Gasteiger charge is 2.05. The highest BCUT2D eigenvalue weighted by atomic mass is 32.1. The van der Waals surface area contributed by atoms with Gasteiger partial charge < -0.3 is 10.2 Å². The van der Waals surface area contributed by atoms with E-state index in [1.807, 2.05) is 18.3 Å². The van der Waals surface area contributed by atoms with Gasteiger partial charge in [0.1, 0.15) is 0 Å². The van der Waals surface area contributed by atoms with Crippen LogP contribution in [0.2, 0.25) is 0 Å². The number of hydrogen-bond acceptors (Lipinski definition) is 2. The molecule has 0 saturated carbocycles. The number of likely N-dealkylation sites (N-methyl/N-ethyl adjacent to an activating group) is 1. The maximum Gasteiger partial charge on any atom is 0.193 e. The van der Waals surface area contributed by atoms with E-state index >= 15 is 0 Å². The number of nitrogens with zero attached hydrogens (tertiary/aromatic N) is 2. The number of hydrogen-bond donors (Lipinski definition) is 1. The van der Waals surface area contributed by atoms with Crippen molar-refractivity contribution in [2.24, 2.45) is 4.99 Å². The highest BCUT2D eigenvalue weighted by Crippen LogP contribution is 2.09. The first kappa shape index (κ1) is 15.8. The van der Waals surface area contributed by atoms with Crippen LogP contribution in [0.15, 0.2) is 34.7 Å². The zero-order valence-corrected chi connectivity index (χ0v) is 13.0. The first-order chi connectivity index (χ1) is 9.27. The molecule has 0 radical (unpaired) electrons. The van der Waals surface area contributed by atoms with Crippen molar-refractivity contribution in [1.29, 1.82) is 0 Å². The quantitative estimate of drug-likeness (QED) is 0.359. The lowest BCUT2D eigenvalue weighted by Gasteiger charge is -2.21. The fourth-order valence-electron chi connectivity index (χ4n) is 1.72. The summed E-state index contributed by atoms with van der Waals surface area (Å²) in [4.78, 5) is 8.27. The zero-order valence-electron chi connectivity index (χ0n) is 12.2. The van der Waals surface area contributed by atoms with Crippen LogP contribution >= 0.6 is 11.3 Å². The molecular weight excluding hydrogens is 254 g/mol. The van der Waals surface area contributed by atoms with Crippen molar-refractivity contribution in [1.82, 2.24) is 10.2 Å². The summed E-state index contributed by atoms with van der Waals surface area (Å²) >= 11 is 1.82. The molecule has 0 fully saturated rings. The predicted octanol–water partition coefficient (Wildman–Crippen LogP) is 3.15. The van der Waals surface area contributed by atoms with Crippen LogP contribution in [0.4, 0.5) is 0 Å². The molecule has 0 unspecified atom stereocenters. The van der Waals surface area contributed by atoms with E-state index in [0.717, 1.165) is 38.4 Å². The maximum absolute atomic E-state index is 4.63. The molecule has 0 amide bonds. The second kappa shape index (κ2) is 9.62. The Morgan fingerprint density at radius 2 is 2.37 bits per heavy atom. The van der Waals surface area contributed by atoms with E-state index in [4.69, 9.17) is 0 Å². The molecule has 106 valence electrons. The molecule has 0 saturated heterocycles. The molecule has 0 bridgehead atoms. The van der Waals surface area contributed by atoms with Crippen molar-refractivity contribution in [2.75, 3.05) is 26.7 Å². The highest BCUT2D eigenvalue weighted by molar-refractivity contribution is 7.09. The monoisotopic (exact) mass is 279 g/mol. The van der Waals surface area contributed by atoms with Gasteiger partial charge in [-0.3, -0.25) is 4.99 Å². The molecule has 0 spiro atoms. The summed E-state index contributed by atoms with van der Waals surface area (Å²) in [7, 11) is 2.10. The lowest BCUT2D eigenvalue weighted by molar-refractivity contribution is 0.487. The SMILES string of the molecule is C/C=C/CCN=C(NCC)N(C)CCc1cccs1. The van der Waals surface area contributed by atoms with Crippen LogP contribution in [0, 0.1) is 0 Å². The van der Waals surface area contributed by atoms with Crippen LogP contribution in [-0.4, -0.2) is 37.5 Å². The third-order valence-corrected chi connectivity index (χ3v) is 3.70. The van der Waals surface area contributed by atoms with Crippen molar-refractivity contribution in [3.8, 4) is 0 Å². The first-order valence-electron chi connectivity index (χ1n) is 6.91. The van der Waals surface area contributed by atoms with Gasteiger partial charge in [-0.05, 0) is 38.1 Å². The van der Waals surface area contributed by atoms with Crippen LogP contribution in [0.1, 0.15) is 25.1 Å². The molecule has 0 aliphatic heterocycles. The van der Waals surface area contributed by atoms with Gasteiger partial charge in [-0.25, -0.2) is 0 Å². The summed E-state index contributed by atoms with van der Waals surface area (Å²) in [5.41, 5.74) is 0. The Morgan fingerprint density at radius 1 is 1.53 bits per heavy atom. The second-order valence-electron chi connectivity index (χ2n) is 4.34. The Labute approximate surface area is 121 Å². The molecule has 1 aromatic heterocycles. The van der Waals surface area contributed by atoms with Crippen LogP contribution in [0.25, 0.3) is 0 Å². The molecule has 0 aliphatic carbocycles. The number of thiophene rings is 1. The molecule has 1 aromatic rings. The van der Waals surface area contributed by atoms with E-state index in [-0.39, 0.29) is 0 Å². The molecule has 1 rings (SSSR count). The van der Waals surface area contributed by atoms with Crippen molar-refractivity contribution in [2.45, 2.75) is 26.7 Å². The van der Waals surface area contributed by atoms with E-state index in [0.29, 0.717) is 0 Å². The Bertz CT molecular complexity index is 382. The van der Waals surface area contributed by atoms with Gasteiger partial charge in [-0.1, -0.05) is 18.2 Å². The van der Waals surface area contributed by atoms with Crippen molar-refractivity contribution < 1.29 is 0 Å². The molecule has 19 heavy (non-hydrogen) atoms. The largest absolute Gasteiger partial charge is 0.357 e. The van der Waals surface area contributed by atoms with E-state index in [1.54, 1.807) is 0 Å². The van der Waals surface area contributed by atoms with E-state index < -0.39 is 0 Å². The predicted molar refractivity (Wildman–Crippen MR) is 86.1 cm³/mol. The van der Waals surface area contributed by atoms with Gasteiger partial charge in [0.25, 0.3) is 0 Å². The van der Waals surface area contributed by atoms with Gasteiger partial charge in [0.05, 0.1) is 0 Å². The molecule has 0 atom stereocenters. The summed E-state index contributed by atoms with van der Waals surface area (Å²) in [5.74, 6) is 1.00. The van der Waals surface area contributed by atoms with Crippen LogP contribution in [-0.2, 0) is 6.42 Å². The minimum Gasteiger partial charge on any atom is -0.357 e. The normalized spacial score (nSPS) is 12.1. The smallest absolute Gasteiger partial charge is 0.193 e. The molecule has 0 aliphatic rings. The fourth-order valence-corrected chi connectivity index (χ4v) is 2.42. The van der Waals surface area contributed by atoms with Crippen molar-refractivity contribution in [3.63, 3.8) is 0 Å². The third kappa shape index (κ3) is 6.43. The van der Waals surface area contributed by atoms with Gasteiger partial charge >= 0.3 is 0 Å². The van der Waals surface area contributed by atoms with Gasteiger partial charge in [-0.2, -0.15) is 0 Å². The Morgan fingerprint density at radius 3 is 3.00 bits per heavy atom. The van der Waals surface area contributed by atoms with E-state index in [2.05, 4.69) is 58.8 Å². The molecule has 0 aromatic carbocycles. The fraction of sp³-hybridized carbons (Fsp3) is 0.533. The summed E-state index contributed by atoms with van der Waals surface area (Å²) in [6.07, 6.45) is 6.30. The Kier molecular flexibility index (Phi) is 7.98. The average Bonchev–Trinajstić information content (AvgIpc) is 2.93.